The molecule has 1 rings (SSSR count). The molecule has 108 valence electrons. The van der Waals surface area contributed by atoms with Crippen molar-refractivity contribution in [2.45, 2.75) is 39.5 Å². The smallest absolute Gasteiger partial charge is 0.119 e. The first-order valence-corrected chi connectivity index (χ1v) is 7.74. The fourth-order valence-electron chi connectivity index (χ4n) is 1.92. The third-order valence-electron chi connectivity index (χ3n) is 3.15. The molecule has 0 heterocycles. The molecule has 0 saturated heterocycles. The van der Waals surface area contributed by atoms with Crippen LogP contribution >= 0.6 is 11.6 Å². The van der Waals surface area contributed by atoms with Gasteiger partial charge in [0, 0.05) is 11.6 Å². The van der Waals surface area contributed by atoms with Crippen LogP contribution in [0.2, 0.25) is 5.02 Å². The van der Waals surface area contributed by atoms with Gasteiger partial charge in [0.05, 0.1) is 0 Å². The van der Waals surface area contributed by atoms with Gasteiger partial charge in [0.2, 0.25) is 0 Å². The van der Waals surface area contributed by atoms with Gasteiger partial charge in [-0.3, -0.25) is 4.90 Å². The van der Waals surface area contributed by atoms with E-state index in [4.69, 9.17) is 16.3 Å². The van der Waals surface area contributed by atoms with Crippen LogP contribution in [-0.4, -0.2) is 31.1 Å². The van der Waals surface area contributed by atoms with E-state index in [2.05, 4.69) is 18.7 Å². The largest absolute Gasteiger partial charge is 0.492 e. The van der Waals surface area contributed by atoms with Crippen molar-refractivity contribution < 1.29 is 4.74 Å². The minimum Gasteiger partial charge on any atom is -0.492 e. The Kier molecular flexibility index (Phi) is 8.68. The Balaban J connectivity index is 2.27. The standard InChI is InChI=1S/C16H26ClNO/c1-3-5-11-18(12-6-4-2)13-14-19-16-9-7-15(17)8-10-16/h7-10H,3-6,11-14H2,1-2H3. The van der Waals surface area contributed by atoms with Crippen LogP contribution in [0.25, 0.3) is 0 Å². The lowest BCUT2D eigenvalue weighted by molar-refractivity contribution is 0.204. The van der Waals surface area contributed by atoms with E-state index in [1.54, 1.807) is 0 Å². The molecular weight excluding hydrogens is 258 g/mol. The summed E-state index contributed by atoms with van der Waals surface area (Å²) in [6.45, 7) is 8.59. The lowest BCUT2D eigenvalue weighted by atomic mass is 10.2. The summed E-state index contributed by atoms with van der Waals surface area (Å²) >= 11 is 5.85. The molecule has 0 aromatic heterocycles. The number of hydrogen-bond donors (Lipinski definition) is 0. The Labute approximate surface area is 122 Å². The molecule has 0 spiro atoms. The molecule has 0 aliphatic carbocycles. The van der Waals surface area contributed by atoms with Gasteiger partial charge in [-0.15, -0.1) is 0 Å². The zero-order valence-electron chi connectivity index (χ0n) is 12.2. The van der Waals surface area contributed by atoms with Crippen LogP contribution in [0.4, 0.5) is 0 Å². The summed E-state index contributed by atoms with van der Waals surface area (Å²) in [6.07, 6.45) is 5.04. The lowest BCUT2D eigenvalue weighted by Crippen LogP contribution is -2.30. The van der Waals surface area contributed by atoms with Crippen molar-refractivity contribution in [1.82, 2.24) is 4.90 Å². The number of unbranched alkanes of at least 4 members (excludes halogenated alkanes) is 2. The van der Waals surface area contributed by atoms with Gasteiger partial charge >= 0.3 is 0 Å². The molecule has 0 aliphatic heterocycles. The number of ether oxygens (including phenoxy) is 1. The average molecular weight is 284 g/mol. The minimum absolute atomic E-state index is 0.745. The molecular formula is C16H26ClNO. The fraction of sp³-hybridized carbons (Fsp3) is 0.625. The number of rotatable bonds is 10. The van der Waals surface area contributed by atoms with Crippen LogP contribution in [0.1, 0.15) is 39.5 Å². The monoisotopic (exact) mass is 283 g/mol. The van der Waals surface area contributed by atoms with Crippen LogP contribution in [-0.2, 0) is 0 Å². The Morgan fingerprint density at radius 1 is 0.947 bits per heavy atom. The summed E-state index contributed by atoms with van der Waals surface area (Å²) < 4.78 is 5.75. The first-order chi connectivity index (χ1) is 9.26. The van der Waals surface area contributed by atoms with E-state index in [9.17, 15) is 0 Å². The quantitative estimate of drug-likeness (QED) is 0.621. The second-order valence-corrected chi connectivity index (χ2v) is 5.29. The third-order valence-corrected chi connectivity index (χ3v) is 3.40. The molecule has 0 saturated carbocycles. The number of nitrogens with zero attached hydrogens (tertiary/aromatic N) is 1. The van der Waals surface area contributed by atoms with Crippen LogP contribution in [0, 0.1) is 0 Å². The van der Waals surface area contributed by atoms with Gasteiger partial charge in [0.25, 0.3) is 0 Å². The van der Waals surface area contributed by atoms with Crippen LogP contribution < -0.4 is 4.74 Å². The molecule has 0 amide bonds. The van der Waals surface area contributed by atoms with Crippen LogP contribution in [0.15, 0.2) is 24.3 Å². The van der Waals surface area contributed by atoms with Gasteiger partial charge in [-0.05, 0) is 50.2 Å². The molecule has 0 radical (unpaired) electrons. The predicted octanol–water partition coefficient (Wildman–Crippen LogP) is 4.62. The fourth-order valence-corrected chi connectivity index (χ4v) is 2.05. The topological polar surface area (TPSA) is 12.5 Å². The van der Waals surface area contributed by atoms with Crippen molar-refractivity contribution in [3.8, 4) is 5.75 Å². The molecule has 0 fully saturated rings. The van der Waals surface area contributed by atoms with E-state index in [0.717, 1.165) is 23.9 Å². The molecule has 2 nitrogen and oxygen atoms in total. The molecule has 1 aromatic carbocycles. The Bertz CT molecular complexity index is 318. The molecule has 19 heavy (non-hydrogen) atoms. The van der Waals surface area contributed by atoms with Crippen LogP contribution in [0.3, 0.4) is 0 Å². The SMILES string of the molecule is CCCCN(CCCC)CCOc1ccc(Cl)cc1. The normalized spacial score (nSPS) is 10.9. The minimum atomic E-state index is 0.745. The Morgan fingerprint density at radius 3 is 2.05 bits per heavy atom. The molecule has 0 unspecified atom stereocenters. The summed E-state index contributed by atoms with van der Waals surface area (Å²) in [5.41, 5.74) is 0. The van der Waals surface area contributed by atoms with Crippen molar-refractivity contribution in [3.63, 3.8) is 0 Å². The summed E-state index contributed by atoms with van der Waals surface area (Å²) in [6, 6.07) is 7.57. The van der Waals surface area contributed by atoms with Gasteiger partial charge in [0.15, 0.2) is 0 Å². The summed E-state index contributed by atoms with van der Waals surface area (Å²) in [5, 5.41) is 0.750. The molecule has 0 atom stereocenters. The van der Waals surface area contributed by atoms with Gasteiger partial charge in [0.1, 0.15) is 12.4 Å². The van der Waals surface area contributed by atoms with Crippen molar-refractivity contribution in [2.24, 2.45) is 0 Å². The van der Waals surface area contributed by atoms with E-state index < -0.39 is 0 Å². The highest BCUT2D eigenvalue weighted by molar-refractivity contribution is 6.30. The Morgan fingerprint density at radius 2 is 1.53 bits per heavy atom. The van der Waals surface area contributed by atoms with Gasteiger partial charge in [-0.2, -0.15) is 0 Å². The van der Waals surface area contributed by atoms with Crippen molar-refractivity contribution in [3.05, 3.63) is 29.3 Å². The number of halogens is 1. The second-order valence-electron chi connectivity index (χ2n) is 4.85. The first kappa shape index (κ1) is 16.3. The third kappa shape index (κ3) is 7.44. The zero-order chi connectivity index (χ0) is 13.9. The van der Waals surface area contributed by atoms with E-state index in [0.29, 0.717) is 0 Å². The summed E-state index contributed by atoms with van der Waals surface area (Å²) in [4.78, 5) is 2.50. The van der Waals surface area contributed by atoms with Gasteiger partial charge < -0.3 is 4.74 Å². The molecule has 0 N–H and O–H groups in total. The van der Waals surface area contributed by atoms with Gasteiger partial charge in [-0.1, -0.05) is 38.3 Å². The first-order valence-electron chi connectivity index (χ1n) is 7.37. The van der Waals surface area contributed by atoms with Crippen molar-refractivity contribution in [1.29, 1.82) is 0 Å². The maximum Gasteiger partial charge on any atom is 0.119 e. The lowest BCUT2D eigenvalue weighted by Gasteiger charge is -2.21. The Hall–Kier alpha value is -0.730. The summed E-state index contributed by atoms with van der Waals surface area (Å²) in [5.74, 6) is 0.898. The zero-order valence-corrected chi connectivity index (χ0v) is 13.0. The van der Waals surface area contributed by atoms with E-state index >= 15 is 0 Å². The number of hydrogen-bond acceptors (Lipinski definition) is 2. The van der Waals surface area contributed by atoms with E-state index in [1.807, 2.05) is 24.3 Å². The van der Waals surface area contributed by atoms with E-state index in [1.165, 1.54) is 38.8 Å². The molecule has 3 heteroatoms. The van der Waals surface area contributed by atoms with E-state index in [-0.39, 0.29) is 0 Å². The molecule has 0 aliphatic rings. The second kappa shape index (κ2) is 10.1. The maximum atomic E-state index is 5.85. The molecule has 1 aromatic rings. The maximum absolute atomic E-state index is 5.85. The van der Waals surface area contributed by atoms with Crippen molar-refractivity contribution >= 4 is 11.6 Å². The average Bonchev–Trinajstić information content (AvgIpc) is 2.43. The summed E-state index contributed by atoms with van der Waals surface area (Å²) in [7, 11) is 0. The predicted molar refractivity (Wildman–Crippen MR) is 83.2 cm³/mol. The highest BCUT2D eigenvalue weighted by atomic mass is 35.5. The highest BCUT2D eigenvalue weighted by Gasteiger charge is 2.04. The van der Waals surface area contributed by atoms with Gasteiger partial charge in [-0.25, -0.2) is 0 Å². The number of benzene rings is 1. The molecule has 0 bridgehead atoms. The van der Waals surface area contributed by atoms with Crippen LogP contribution in [0.5, 0.6) is 5.75 Å². The highest BCUT2D eigenvalue weighted by Crippen LogP contribution is 2.15. The van der Waals surface area contributed by atoms with Crippen molar-refractivity contribution in [2.75, 3.05) is 26.2 Å².